The molecule has 0 spiro atoms. The lowest BCUT2D eigenvalue weighted by molar-refractivity contribution is -0.137. The molecule has 7 nitrogen and oxygen atoms in total. The van der Waals surface area contributed by atoms with E-state index in [1.54, 1.807) is 0 Å². The third-order valence-corrected chi connectivity index (χ3v) is 6.36. The van der Waals surface area contributed by atoms with Crippen LogP contribution >= 0.6 is 11.6 Å². The highest BCUT2D eigenvalue weighted by Gasteiger charge is 2.71. The summed E-state index contributed by atoms with van der Waals surface area (Å²) in [4.78, 5) is 0. The first-order valence-electron chi connectivity index (χ1n) is 10.3. The summed E-state index contributed by atoms with van der Waals surface area (Å²) in [7, 11) is 0. The lowest BCUT2D eigenvalue weighted by Crippen LogP contribution is -2.77. The summed E-state index contributed by atoms with van der Waals surface area (Å²) in [6.45, 7) is -0.0818. The maximum absolute atomic E-state index is 13.5. The van der Waals surface area contributed by atoms with Crippen LogP contribution in [0, 0.1) is 5.82 Å². The minimum absolute atomic E-state index is 0.0147. The summed E-state index contributed by atoms with van der Waals surface area (Å²) >= 11 is 5.63. The predicted octanol–water partition coefficient (Wildman–Crippen LogP) is 4.83. The molecule has 0 saturated heterocycles. The van der Waals surface area contributed by atoms with Crippen molar-refractivity contribution in [3.63, 3.8) is 0 Å². The van der Waals surface area contributed by atoms with Crippen LogP contribution in [0.1, 0.15) is 30.7 Å². The minimum atomic E-state index is -4.43. The molecule has 1 unspecified atom stereocenters. The van der Waals surface area contributed by atoms with E-state index in [0.29, 0.717) is 25.2 Å². The highest BCUT2D eigenvalue weighted by molar-refractivity contribution is 6.30. The van der Waals surface area contributed by atoms with Gasteiger partial charge in [0.25, 0.3) is 0 Å². The lowest BCUT2D eigenvalue weighted by atomic mass is 9.39. The second-order valence-corrected chi connectivity index (χ2v) is 9.04. The third kappa shape index (κ3) is 4.30. The van der Waals surface area contributed by atoms with Gasteiger partial charge in [0.1, 0.15) is 30.2 Å². The fraction of sp³-hybridized carbons (Fsp3) is 0.364. The minimum Gasteiger partial charge on any atom is -0.489 e. The molecule has 3 saturated carbocycles. The maximum Gasteiger partial charge on any atom is 0.420 e. The van der Waals surface area contributed by atoms with Crippen LogP contribution in [-0.4, -0.2) is 33.7 Å². The Labute approximate surface area is 195 Å². The van der Waals surface area contributed by atoms with Gasteiger partial charge in [0.2, 0.25) is 5.89 Å². The van der Waals surface area contributed by atoms with Crippen LogP contribution in [0.25, 0.3) is 0 Å². The number of aromatic nitrogens is 2. The van der Waals surface area contributed by atoms with Gasteiger partial charge in [0, 0.05) is 11.6 Å². The number of aliphatic hydroxyl groups is 1. The first kappa shape index (κ1) is 22.9. The fourth-order valence-electron chi connectivity index (χ4n) is 4.58. The van der Waals surface area contributed by atoms with Crippen LogP contribution in [0.4, 0.5) is 17.6 Å². The van der Waals surface area contributed by atoms with Crippen molar-refractivity contribution in [2.75, 3.05) is 6.61 Å². The number of aliphatic hydroxyl groups excluding tert-OH is 1. The van der Waals surface area contributed by atoms with Crippen LogP contribution in [0.2, 0.25) is 5.02 Å². The Kier molecular flexibility index (Phi) is 5.45. The van der Waals surface area contributed by atoms with Crippen LogP contribution in [0.5, 0.6) is 17.6 Å². The zero-order valence-electron chi connectivity index (χ0n) is 17.4. The largest absolute Gasteiger partial charge is 0.489 e. The number of hydrogen-bond acceptors (Lipinski definition) is 7. The predicted molar refractivity (Wildman–Crippen MR) is 110 cm³/mol. The van der Waals surface area contributed by atoms with Gasteiger partial charge < -0.3 is 19.0 Å². The molecule has 0 amide bonds. The van der Waals surface area contributed by atoms with Crippen LogP contribution < -0.4 is 14.8 Å². The van der Waals surface area contributed by atoms with Gasteiger partial charge in [-0.15, -0.1) is 5.10 Å². The van der Waals surface area contributed by atoms with Crippen molar-refractivity contribution in [3.05, 3.63) is 64.8 Å². The van der Waals surface area contributed by atoms with E-state index in [0.717, 1.165) is 18.2 Å². The maximum atomic E-state index is 13.5. The molecule has 1 aromatic heterocycles. The van der Waals surface area contributed by atoms with Crippen molar-refractivity contribution in [1.82, 2.24) is 15.5 Å². The summed E-state index contributed by atoms with van der Waals surface area (Å²) in [5, 5.41) is 21.2. The Hall–Kier alpha value is -2.89. The normalized spacial score (nSPS) is 24.2. The first-order valence-corrected chi connectivity index (χ1v) is 10.7. The molecule has 180 valence electrons. The average molecular weight is 500 g/mol. The summed E-state index contributed by atoms with van der Waals surface area (Å²) in [5.41, 5.74) is -1.41. The van der Waals surface area contributed by atoms with Gasteiger partial charge in [-0.2, -0.15) is 13.2 Å². The Bertz CT molecular complexity index is 1180. The van der Waals surface area contributed by atoms with Crippen molar-refractivity contribution >= 4 is 11.6 Å². The molecule has 2 aromatic carbocycles. The topological polar surface area (TPSA) is 89.6 Å². The molecule has 0 radical (unpaired) electrons. The van der Waals surface area contributed by atoms with Gasteiger partial charge in [-0.25, -0.2) is 4.39 Å². The number of halogens is 5. The zero-order chi connectivity index (χ0) is 24.1. The number of benzene rings is 2. The summed E-state index contributed by atoms with van der Waals surface area (Å²) in [5.74, 6) is 0.163. The summed E-state index contributed by atoms with van der Waals surface area (Å²) < 4.78 is 67.8. The number of alkyl halides is 3. The smallest absolute Gasteiger partial charge is 0.420 e. The fourth-order valence-corrected chi connectivity index (χ4v) is 4.70. The monoisotopic (exact) mass is 499 g/mol. The Morgan fingerprint density at radius 1 is 1.09 bits per heavy atom. The second-order valence-electron chi connectivity index (χ2n) is 8.64. The molecule has 0 aliphatic heterocycles. The SMILES string of the molecule is OC(COc1ccc(Cl)c(F)c1)NC12CC(c3nnc(Oc4ccc(C(F)(F)F)cc4)o3)(C1)C2. The first-order chi connectivity index (χ1) is 16.1. The molecule has 34 heavy (non-hydrogen) atoms. The molecule has 3 fully saturated rings. The van der Waals surface area contributed by atoms with Crippen LogP contribution in [-0.2, 0) is 11.6 Å². The highest BCUT2D eigenvalue weighted by Crippen LogP contribution is 2.67. The molecule has 3 aromatic rings. The molecule has 1 heterocycles. The number of hydrogen-bond donors (Lipinski definition) is 2. The van der Waals surface area contributed by atoms with E-state index in [1.165, 1.54) is 24.3 Å². The average Bonchev–Trinajstić information content (AvgIpc) is 3.18. The van der Waals surface area contributed by atoms with Crippen molar-refractivity contribution in [2.24, 2.45) is 0 Å². The number of nitrogens with one attached hydrogen (secondary N) is 1. The van der Waals surface area contributed by atoms with Gasteiger partial charge in [-0.1, -0.05) is 16.7 Å². The Morgan fingerprint density at radius 2 is 1.76 bits per heavy atom. The molecule has 12 heteroatoms. The number of ether oxygens (including phenoxy) is 2. The van der Waals surface area contributed by atoms with E-state index in [9.17, 15) is 22.7 Å². The zero-order valence-corrected chi connectivity index (χ0v) is 18.2. The summed E-state index contributed by atoms with van der Waals surface area (Å²) in [6.07, 6.45) is -3.63. The van der Waals surface area contributed by atoms with Crippen LogP contribution in [0.3, 0.4) is 0 Å². The van der Waals surface area contributed by atoms with E-state index >= 15 is 0 Å². The van der Waals surface area contributed by atoms with Crippen molar-refractivity contribution in [1.29, 1.82) is 0 Å². The van der Waals surface area contributed by atoms with E-state index < -0.39 is 23.8 Å². The molecule has 2 N–H and O–H groups in total. The summed E-state index contributed by atoms with van der Waals surface area (Å²) in [6, 6.07) is 8.18. The van der Waals surface area contributed by atoms with Gasteiger partial charge in [-0.05, 0) is 55.7 Å². The lowest BCUT2D eigenvalue weighted by Gasteiger charge is -2.69. The molecular formula is C22H18ClF4N3O4. The highest BCUT2D eigenvalue weighted by atomic mass is 35.5. The number of rotatable bonds is 8. The van der Waals surface area contributed by atoms with Crippen molar-refractivity contribution < 1.29 is 36.6 Å². The van der Waals surface area contributed by atoms with Gasteiger partial charge in [0.15, 0.2) is 0 Å². The second kappa shape index (κ2) is 8.10. The van der Waals surface area contributed by atoms with E-state index in [4.69, 9.17) is 25.5 Å². The van der Waals surface area contributed by atoms with Gasteiger partial charge >= 0.3 is 12.3 Å². The molecule has 2 bridgehead atoms. The Morgan fingerprint density at radius 3 is 2.41 bits per heavy atom. The van der Waals surface area contributed by atoms with E-state index in [-0.39, 0.29) is 40.2 Å². The molecule has 1 atom stereocenters. The van der Waals surface area contributed by atoms with E-state index in [2.05, 4.69) is 15.5 Å². The van der Waals surface area contributed by atoms with Gasteiger partial charge in [0.05, 0.1) is 16.0 Å². The molecular weight excluding hydrogens is 482 g/mol. The molecule has 3 aliphatic carbocycles. The van der Waals surface area contributed by atoms with Crippen molar-refractivity contribution in [3.8, 4) is 17.6 Å². The quantitative estimate of drug-likeness (QED) is 0.339. The van der Waals surface area contributed by atoms with Crippen LogP contribution in [0.15, 0.2) is 46.9 Å². The third-order valence-electron chi connectivity index (χ3n) is 6.05. The Balaban J connectivity index is 1.12. The number of nitrogens with zero attached hydrogens (tertiary/aromatic N) is 2. The molecule has 3 aliphatic rings. The van der Waals surface area contributed by atoms with Crippen molar-refractivity contribution in [2.45, 2.75) is 42.6 Å². The standard InChI is InChI=1S/C22H18ClF4N3O4/c23-15-6-5-14(7-16(15)24)32-8-17(31)28-21-9-20(10-21,11-21)18-29-30-19(34-18)33-13-3-1-12(2-4-13)22(25,26)27/h1-7,17,28,31H,8-11H2. The van der Waals surface area contributed by atoms with E-state index in [1.807, 2.05) is 0 Å². The molecule has 6 rings (SSSR count). The van der Waals surface area contributed by atoms with Gasteiger partial charge in [-0.3, -0.25) is 5.32 Å².